The fourth-order valence-electron chi connectivity index (χ4n) is 2.67. The Hall–Kier alpha value is -2.14. The highest BCUT2D eigenvalue weighted by Gasteiger charge is 2.30. The predicted molar refractivity (Wildman–Crippen MR) is 85.6 cm³/mol. The van der Waals surface area contributed by atoms with Crippen molar-refractivity contribution in [2.45, 2.75) is 33.3 Å². The molecule has 2 aromatic rings. The SMILES string of the molecule is Cc1nc(-c2cccc(NC(=O)C3OCCC3C)c2)[nH]c1C. The zero-order valence-electron chi connectivity index (χ0n) is 13.1. The van der Waals surface area contributed by atoms with Gasteiger partial charge in [-0.3, -0.25) is 4.79 Å². The molecular weight excluding hydrogens is 278 g/mol. The van der Waals surface area contributed by atoms with Crippen molar-refractivity contribution in [3.05, 3.63) is 35.7 Å². The Balaban J connectivity index is 1.78. The molecule has 2 unspecified atom stereocenters. The van der Waals surface area contributed by atoms with Gasteiger partial charge < -0.3 is 15.0 Å². The van der Waals surface area contributed by atoms with Crippen LogP contribution in [0.2, 0.25) is 0 Å². The molecule has 1 aromatic heterocycles. The lowest BCUT2D eigenvalue weighted by atomic mass is 10.0. The van der Waals surface area contributed by atoms with Crippen molar-refractivity contribution in [2.24, 2.45) is 5.92 Å². The molecule has 1 aliphatic heterocycles. The molecule has 1 saturated heterocycles. The normalized spacial score (nSPS) is 21.0. The molecule has 2 N–H and O–H groups in total. The van der Waals surface area contributed by atoms with Crippen LogP contribution < -0.4 is 5.32 Å². The van der Waals surface area contributed by atoms with E-state index >= 15 is 0 Å². The Morgan fingerprint density at radius 2 is 2.23 bits per heavy atom. The number of imidazole rings is 1. The van der Waals surface area contributed by atoms with Crippen molar-refractivity contribution >= 4 is 11.6 Å². The molecule has 116 valence electrons. The summed E-state index contributed by atoms with van der Waals surface area (Å²) < 4.78 is 5.50. The Bertz CT molecular complexity index is 673. The maximum Gasteiger partial charge on any atom is 0.253 e. The number of ether oxygens (including phenoxy) is 1. The van der Waals surface area contributed by atoms with Crippen molar-refractivity contribution in [3.8, 4) is 11.4 Å². The van der Waals surface area contributed by atoms with Crippen LogP contribution in [0.5, 0.6) is 0 Å². The zero-order valence-corrected chi connectivity index (χ0v) is 13.1. The molecule has 1 fully saturated rings. The number of hydrogen-bond donors (Lipinski definition) is 2. The predicted octanol–water partition coefficient (Wildman–Crippen LogP) is 3.06. The Labute approximate surface area is 130 Å². The largest absolute Gasteiger partial charge is 0.368 e. The zero-order chi connectivity index (χ0) is 15.7. The van der Waals surface area contributed by atoms with E-state index < -0.39 is 0 Å². The van der Waals surface area contributed by atoms with Gasteiger partial charge in [0.25, 0.3) is 5.91 Å². The quantitative estimate of drug-likeness (QED) is 0.915. The van der Waals surface area contributed by atoms with Gasteiger partial charge >= 0.3 is 0 Å². The summed E-state index contributed by atoms with van der Waals surface area (Å²) in [5, 5.41) is 2.94. The number of carbonyl (C=O) groups excluding carboxylic acids is 1. The molecule has 5 nitrogen and oxygen atoms in total. The van der Waals surface area contributed by atoms with Crippen LogP contribution in [0, 0.1) is 19.8 Å². The van der Waals surface area contributed by atoms with Gasteiger partial charge in [-0.25, -0.2) is 4.98 Å². The second-order valence-electron chi connectivity index (χ2n) is 5.92. The fraction of sp³-hybridized carbons (Fsp3) is 0.412. The number of aromatic amines is 1. The molecule has 1 amide bonds. The number of amides is 1. The molecule has 2 heterocycles. The number of nitrogens with zero attached hydrogens (tertiary/aromatic N) is 1. The first-order valence-corrected chi connectivity index (χ1v) is 7.60. The Kier molecular flexibility index (Phi) is 3.98. The number of carbonyl (C=O) groups is 1. The average Bonchev–Trinajstić information content (AvgIpc) is 3.06. The van der Waals surface area contributed by atoms with Gasteiger partial charge in [0.05, 0.1) is 5.69 Å². The standard InChI is InChI=1S/C17H21N3O2/c1-10-7-8-22-15(10)17(21)20-14-6-4-5-13(9-14)16-18-11(2)12(3)19-16/h4-6,9-10,15H,7-8H2,1-3H3,(H,18,19)(H,20,21). The molecule has 3 rings (SSSR count). The summed E-state index contributed by atoms with van der Waals surface area (Å²) in [6.45, 7) is 6.67. The van der Waals surface area contributed by atoms with E-state index in [4.69, 9.17) is 4.74 Å². The lowest BCUT2D eigenvalue weighted by molar-refractivity contribution is -0.126. The average molecular weight is 299 g/mol. The number of H-pyrrole nitrogens is 1. The maximum absolute atomic E-state index is 12.3. The van der Waals surface area contributed by atoms with Crippen molar-refractivity contribution in [1.82, 2.24) is 9.97 Å². The summed E-state index contributed by atoms with van der Waals surface area (Å²) in [4.78, 5) is 20.0. The number of anilines is 1. The fourth-order valence-corrected chi connectivity index (χ4v) is 2.67. The summed E-state index contributed by atoms with van der Waals surface area (Å²) in [5.74, 6) is 1.00. The number of benzene rings is 1. The van der Waals surface area contributed by atoms with Gasteiger partial charge in [0.1, 0.15) is 11.9 Å². The molecule has 0 aliphatic carbocycles. The Morgan fingerprint density at radius 1 is 1.41 bits per heavy atom. The highest BCUT2D eigenvalue weighted by atomic mass is 16.5. The van der Waals surface area contributed by atoms with Gasteiger partial charge in [-0.1, -0.05) is 19.1 Å². The first kappa shape index (κ1) is 14.8. The van der Waals surface area contributed by atoms with E-state index in [-0.39, 0.29) is 17.9 Å². The van der Waals surface area contributed by atoms with Crippen molar-refractivity contribution in [3.63, 3.8) is 0 Å². The van der Waals surface area contributed by atoms with Crippen molar-refractivity contribution < 1.29 is 9.53 Å². The van der Waals surface area contributed by atoms with Crippen LogP contribution in [-0.4, -0.2) is 28.6 Å². The third kappa shape index (κ3) is 2.90. The summed E-state index contributed by atoms with van der Waals surface area (Å²) in [5.41, 5.74) is 3.75. The van der Waals surface area contributed by atoms with E-state index in [1.807, 2.05) is 45.0 Å². The van der Waals surface area contributed by atoms with Gasteiger partial charge in [-0.15, -0.1) is 0 Å². The molecule has 2 atom stereocenters. The minimum absolute atomic E-state index is 0.0750. The smallest absolute Gasteiger partial charge is 0.253 e. The van der Waals surface area contributed by atoms with E-state index in [0.29, 0.717) is 6.61 Å². The van der Waals surface area contributed by atoms with Gasteiger partial charge in [-0.05, 0) is 38.3 Å². The summed E-state index contributed by atoms with van der Waals surface area (Å²) in [6.07, 6.45) is 0.583. The minimum Gasteiger partial charge on any atom is -0.368 e. The third-order valence-electron chi connectivity index (χ3n) is 4.18. The van der Waals surface area contributed by atoms with Crippen LogP contribution in [0.1, 0.15) is 24.7 Å². The van der Waals surface area contributed by atoms with Crippen molar-refractivity contribution in [1.29, 1.82) is 0 Å². The highest BCUT2D eigenvalue weighted by Crippen LogP contribution is 2.24. The molecule has 0 radical (unpaired) electrons. The van der Waals surface area contributed by atoms with E-state index in [9.17, 15) is 4.79 Å². The van der Waals surface area contributed by atoms with E-state index in [1.165, 1.54) is 0 Å². The third-order valence-corrected chi connectivity index (χ3v) is 4.18. The second kappa shape index (κ2) is 5.93. The highest BCUT2D eigenvalue weighted by molar-refractivity contribution is 5.95. The number of aromatic nitrogens is 2. The van der Waals surface area contributed by atoms with Crippen LogP contribution in [0.25, 0.3) is 11.4 Å². The molecule has 1 aromatic carbocycles. The summed E-state index contributed by atoms with van der Waals surface area (Å²) >= 11 is 0. The lowest BCUT2D eigenvalue weighted by Crippen LogP contribution is -2.31. The van der Waals surface area contributed by atoms with Gasteiger partial charge in [0.2, 0.25) is 0 Å². The molecule has 5 heteroatoms. The van der Waals surface area contributed by atoms with Crippen LogP contribution in [0.3, 0.4) is 0 Å². The minimum atomic E-state index is -0.350. The van der Waals surface area contributed by atoms with Crippen LogP contribution in [-0.2, 0) is 9.53 Å². The van der Waals surface area contributed by atoms with Crippen molar-refractivity contribution in [2.75, 3.05) is 11.9 Å². The molecular formula is C17H21N3O2. The first-order chi connectivity index (χ1) is 10.5. The maximum atomic E-state index is 12.3. The molecule has 0 bridgehead atoms. The molecule has 0 saturated carbocycles. The second-order valence-corrected chi connectivity index (χ2v) is 5.92. The molecule has 22 heavy (non-hydrogen) atoms. The number of nitrogens with one attached hydrogen (secondary N) is 2. The summed E-state index contributed by atoms with van der Waals surface area (Å²) in [6, 6.07) is 7.69. The molecule has 1 aliphatic rings. The lowest BCUT2D eigenvalue weighted by Gasteiger charge is -2.14. The van der Waals surface area contributed by atoms with Crippen LogP contribution >= 0.6 is 0 Å². The first-order valence-electron chi connectivity index (χ1n) is 7.60. The number of hydrogen-bond acceptors (Lipinski definition) is 3. The van der Waals surface area contributed by atoms with E-state index in [0.717, 1.165) is 34.9 Å². The Morgan fingerprint density at radius 3 is 2.86 bits per heavy atom. The monoisotopic (exact) mass is 299 g/mol. The molecule has 0 spiro atoms. The van der Waals surface area contributed by atoms with Gasteiger partial charge in [0, 0.05) is 23.6 Å². The van der Waals surface area contributed by atoms with E-state index in [1.54, 1.807) is 0 Å². The van der Waals surface area contributed by atoms with Crippen LogP contribution in [0.4, 0.5) is 5.69 Å². The topological polar surface area (TPSA) is 67.0 Å². The van der Waals surface area contributed by atoms with Gasteiger partial charge in [0.15, 0.2) is 0 Å². The van der Waals surface area contributed by atoms with Crippen LogP contribution in [0.15, 0.2) is 24.3 Å². The number of rotatable bonds is 3. The number of aryl methyl sites for hydroxylation is 2. The van der Waals surface area contributed by atoms with Gasteiger partial charge in [-0.2, -0.15) is 0 Å². The summed E-state index contributed by atoms with van der Waals surface area (Å²) in [7, 11) is 0. The van der Waals surface area contributed by atoms with E-state index in [2.05, 4.69) is 15.3 Å².